The number of carbonyl (C=O) groups is 2. The van der Waals surface area contributed by atoms with Gasteiger partial charge in [0.05, 0.1) is 16.9 Å². The van der Waals surface area contributed by atoms with Crippen molar-refractivity contribution in [2.75, 3.05) is 18.0 Å². The number of halogens is 6. The van der Waals surface area contributed by atoms with E-state index in [1.165, 1.54) is 9.47 Å². The Balaban J connectivity index is 1.66. The summed E-state index contributed by atoms with van der Waals surface area (Å²) in [5, 5.41) is 10.9. The lowest BCUT2D eigenvalue weighted by Crippen LogP contribution is -2.47. The van der Waals surface area contributed by atoms with Crippen LogP contribution in [-0.2, 0) is 4.79 Å². The fourth-order valence-electron chi connectivity index (χ4n) is 4.98. The molecule has 8 nitrogen and oxygen atoms in total. The van der Waals surface area contributed by atoms with Gasteiger partial charge in [-0.1, -0.05) is 0 Å². The van der Waals surface area contributed by atoms with Crippen molar-refractivity contribution in [3.8, 4) is 5.75 Å². The van der Waals surface area contributed by atoms with Gasteiger partial charge in [-0.05, 0) is 31.7 Å². The lowest BCUT2D eigenvalue weighted by molar-refractivity contribution is -0.174. The van der Waals surface area contributed by atoms with Crippen molar-refractivity contribution in [3.63, 3.8) is 0 Å². The summed E-state index contributed by atoms with van der Waals surface area (Å²) < 4.78 is 87.0. The summed E-state index contributed by atoms with van der Waals surface area (Å²) in [7, 11) is 0. The van der Waals surface area contributed by atoms with Gasteiger partial charge >= 0.3 is 24.7 Å². The SMILES string of the molecule is O=C(O)c1cn(C2CC2)c2c(OC(F)F)c(N3C[C@@H](NC(=O)C(F)(F)F)C4(CC4)C3)c(F)cc2c1=O. The number of carboxylic acid groups (broad SMARTS) is 1. The van der Waals surface area contributed by atoms with Crippen molar-refractivity contribution in [2.45, 2.75) is 50.6 Å². The van der Waals surface area contributed by atoms with Crippen molar-refractivity contribution in [1.82, 2.24) is 9.88 Å². The number of carbonyl (C=O) groups excluding carboxylic acids is 1. The van der Waals surface area contributed by atoms with Crippen LogP contribution in [0.3, 0.4) is 0 Å². The summed E-state index contributed by atoms with van der Waals surface area (Å²) in [6.07, 6.45) is -2.16. The Bertz CT molecular complexity index is 1330. The molecule has 1 aliphatic heterocycles. The van der Waals surface area contributed by atoms with Crippen molar-refractivity contribution < 1.29 is 45.8 Å². The average Bonchev–Trinajstić information content (AvgIpc) is 3.67. The molecule has 2 heterocycles. The number of nitrogens with zero attached hydrogens (tertiary/aromatic N) is 2. The molecule has 2 N–H and O–H groups in total. The first kappa shape index (κ1) is 24.3. The molecule has 1 saturated heterocycles. The second-order valence-corrected chi connectivity index (χ2v) is 9.39. The van der Waals surface area contributed by atoms with Gasteiger partial charge in [0.1, 0.15) is 11.3 Å². The number of aromatic nitrogens is 1. The number of nitrogens with one attached hydrogen (secondary N) is 1. The maximum atomic E-state index is 15.5. The highest BCUT2D eigenvalue weighted by Crippen LogP contribution is 2.55. The monoisotopic (exact) mass is 519 g/mol. The highest BCUT2D eigenvalue weighted by Gasteiger charge is 2.57. The number of carboxylic acids is 1. The number of anilines is 1. The summed E-state index contributed by atoms with van der Waals surface area (Å²) in [5.74, 6) is -5.62. The van der Waals surface area contributed by atoms with Gasteiger partial charge in [-0.3, -0.25) is 9.59 Å². The van der Waals surface area contributed by atoms with Gasteiger partial charge < -0.3 is 24.6 Å². The molecule has 3 aliphatic rings. The smallest absolute Gasteiger partial charge is 0.471 e. The van der Waals surface area contributed by atoms with E-state index in [4.69, 9.17) is 4.74 Å². The van der Waals surface area contributed by atoms with Crippen molar-refractivity contribution in [2.24, 2.45) is 5.41 Å². The van der Waals surface area contributed by atoms with Gasteiger partial charge in [0.15, 0.2) is 11.6 Å². The van der Waals surface area contributed by atoms with E-state index < -0.39 is 69.8 Å². The Hall–Kier alpha value is -3.45. The molecule has 14 heteroatoms. The van der Waals surface area contributed by atoms with Crippen LogP contribution in [0.25, 0.3) is 10.9 Å². The Morgan fingerprint density at radius 1 is 1.22 bits per heavy atom. The van der Waals surface area contributed by atoms with Crippen LogP contribution in [0.4, 0.5) is 32.0 Å². The second-order valence-electron chi connectivity index (χ2n) is 9.39. The molecule has 3 fully saturated rings. The Morgan fingerprint density at radius 3 is 2.42 bits per heavy atom. The molecule has 5 rings (SSSR count). The first-order valence-electron chi connectivity index (χ1n) is 11.0. The Labute approximate surface area is 198 Å². The minimum atomic E-state index is -5.14. The van der Waals surface area contributed by atoms with Crippen LogP contribution in [-0.4, -0.2) is 53.5 Å². The predicted octanol–water partition coefficient (Wildman–Crippen LogP) is 3.42. The molecule has 0 unspecified atom stereocenters. The van der Waals surface area contributed by atoms with Crippen molar-refractivity contribution in [1.29, 1.82) is 0 Å². The second kappa shape index (κ2) is 8.03. The van der Waals surface area contributed by atoms with Crippen LogP contribution in [0.2, 0.25) is 0 Å². The van der Waals surface area contributed by atoms with E-state index in [-0.39, 0.29) is 24.6 Å². The van der Waals surface area contributed by atoms with E-state index in [9.17, 15) is 41.4 Å². The number of benzene rings is 1. The van der Waals surface area contributed by atoms with Gasteiger partial charge in [0.2, 0.25) is 5.43 Å². The molecule has 36 heavy (non-hydrogen) atoms. The van der Waals surface area contributed by atoms with E-state index in [0.717, 1.165) is 12.3 Å². The van der Waals surface area contributed by atoms with Gasteiger partial charge in [0.25, 0.3) is 0 Å². The molecule has 194 valence electrons. The summed E-state index contributed by atoms with van der Waals surface area (Å²) >= 11 is 0. The van der Waals surface area contributed by atoms with Gasteiger partial charge in [-0.2, -0.15) is 22.0 Å². The van der Waals surface area contributed by atoms with Gasteiger partial charge in [-0.15, -0.1) is 0 Å². The van der Waals surface area contributed by atoms with Crippen LogP contribution in [0.15, 0.2) is 17.1 Å². The van der Waals surface area contributed by atoms with E-state index in [1.807, 2.05) is 5.32 Å². The van der Waals surface area contributed by atoms with Crippen LogP contribution in [0, 0.1) is 11.2 Å². The molecule has 1 atom stereocenters. The maximum absolute atomic E-state index is 15.5. The minimum Gasteiger partial charge on any atom is -0.477 e. The summed E-state index contributed by atoms with van der Waals surface area (Å²) in [4.78, 5) is 37.1. The highest BCUT2D eigenvalue weighted by atomic mass is 19.4. The van der Waals surface area contributed by atoms with Crippen molar-refractivity contribution >= 4 is 28.5 Å². The van der Waals surface area contributed by atoms with E-state index in [1.54, 1.807) is 0 Å². The molecule has 0 radical (unpaired) electrons. The first-order valence-corrected chi connectivity index (χ1v) is 11.0. The average molecular weight is 519 g/mol. The summed E-state index contributed by atoms with van der Waals surface area (Å²) in [5.41, 5.74) is -3.27. The maximum Gasteiger partial charge on any atom is 0.471 e. The number of hydrogen-bond acceptors (Lipinski definition) is 5. The predicted molar refractivity (Wildman–Crippen MR) is 112 cm³/mol. The van der Waals surface area contributed by atoms with Crippen LogP contribution < -0.4 is 20.4 Å². The van der Waals surface area contributed by atoms with Crippen molar-refractivity contribution in [3.05, 3.63) is 33.9 Å². The molecular weight excluding hydrogens is 500 g/mol. The van der Waals surface area contributed by atoms with Crippen LogP contribution >= 0.6 is 0 Å². The molecule has 1 aromatic heterocycles. The zero-order valence-electron chi connectivity index (χ0n) is 18.4. The van der Waals surface area contributed by atoms with Gasteiger partial charge in [0, 0.05) is 30.7 Å². The number of ether oxygens (including phenoxy) is 1. The minimum absolute atomic E-state index is 0.0430. The zero-order chi connectivity index (χ0) is 26.2. The number of aromatic carboxylic acids is 1. The fourth-order valence-corrected chi connectivity index (χ4v) is 4.98. The lowest BCUT2D eigenvalue weighted by Gasteiger charge is -2.25. The Kier molecular flexibility index (Phi) is 5.41. The number of fused-ring (bicyclic) bond motifs is 1. The molecule has 1 amide bonds. The third-order valence-electron chi connectivity index (χ3n) is 6.99. The molecule has 1 spiro atoms. The van der Waals surface area contributed by atoms with Gasteiger partial charge in [-0.25, -0.2) is 9.18 Å². The molecule has 2 saturated carbocycles. The highest BCUT2D eigenvalue weighted by molar-refractivity contribution is 5.97. The third-order valence-corrected chi connectivity index (χ3v) is 6.99. The molecule has 1 aromatic carbocycles. The first-order chi connectivity index (χ1) is 16.8. The Morgan fingerprint density at radius 2 is 1.89 bits per heavy atom. The normalized spacial score (nSPS) is 20.9. The van der Waals surface area contributed by atoms with E-state index >= 15 is 4.39 Å². The topological polar surface area (TPSA) is 101 Å². The van der Waals surface area contributed by atoms with E-state index in [2.05, 4.69) is 0 Å². The third kappa shape index (κ3) is 4.01. The standard InChI is InChI=1S/C22H19F6N3O5/c23-12-5-10-14(31(9-1-2-9)6-11(16(10)32)18(33)34)17(36-20(24)25)15(12)30-7-13(21(8-30)3-4-21)29-19(35)22(26,27)28/h5-6,9,13,20H,1-4,7-8H2,(H,29,35)(H,33,34)/t13-/m1/s1. The number of pyridine rings is 1. The number of amides is 1. The van der Waals surface area contributed by atoms with Crippen LogP contribution in [0.1, 0.15) is 42.1 Å². The summed E-state index contributed by atoms with van der Waals surface area (Å²) in [6, 6.07) is -0.629. The quantitative estimate of drug-likeness (QED) is 0.568. The number of rotatable bonds is 6. The number of hydrogen-bond donors (Lipinski definition) is 2. The van der Waals surface area contributed by atoms with E-state index in [0.29, 0.717) is 25.7 Å². The zero-order valence-corrected chi connectivity index (χ0v) is 18.4. The molecule has 0 bridgehead atoms. The van der Waals surface area contributed by atoms with Crippen LogP contribution in [0.5, 0.6) is 5.75 Å². The molecule has 2 aliphatic carbocycles. The summed E-state index contributed by atoms with van der Waals surface area (Å²) in [6.45, 7) is -3.81. The largest absolute Gasteiger partial charge is 0.477 e. The molecule has 2 aromatic rings. The fraction of sp³-hybridized carbons (Fsp3) is 0.500. The molecular formula is C22H19F6N3O5. The number of alkyl halides is 5. The lowest BCUT2D eigenvalue weighted by atomic mass is 10.0.